The normalized spacial score (nSPS) is 9.86. The minimum atomic E-state index is -0.0487. The van der Waals surface area contributed by atoms with Crippen molar-refractivity contribution in [2.45, 2.75) is 13.5 Å². The van der Waals surface area contributed by atoms with Crippen molar-refractivity contribution < 1.29 is 9.53 Å². The van der Waals surface area contributed by atoms with Crippen LogP contribution in [0, 0.1) is 11.3 Å². The maximum Gasteiger partial charge on any atom is 0.253 e. The summed E-state index contributed by atoms with van der Waals surface area (Å²) in [7, 11) is 1.76. The fraction of sp³-hybridized carbons (Fsp3) is 0.222. The zero-order valence-corrected chi connectivity index (χ0v) is 12.7. The lowest BCUT2D eigenvalue weighted by Gasteiger charge is -2.17. The molecular formula is C18H18N2O2. The molecule has 0 saturated carbocycles. The summed E-state index contributed by atoms with van der Waals surface area (Å²) < 4.78 is 5.37. The van der Waals surface area contributed by atoms with Crippen LogP contribution >= 0.6 is 0 Å². The van der Waals surface area contributed by atoms with E-state index in [1.54, 1.807) is 48.3 Å². The van der Waals surface area contributed by atoms with E-state index in [-0.39, 0.29) is 5.91 Å². The molecular weight excluding hydrogens is 276 g/mol. The van der Waals surface area contributed by atoms with Gasteiger partial charge in [-0.05, 0) is 48.9 Å². The van der Waals surface area contributed by atoms with Gasteiger partial charge >= 0.3 is 0 Å². The van der Waals surface area contributed by atoms with Gasteiger partial charge in [-0.25, -0.2) is 0 Å². The van der Waals surface area contributed by atoms with E-state index in [0.717, 1.165) is 11.3 Å². The van der Waals surface area contributed by atoms with Crippen LogP contribution in [-0.2, 0) is 6.54 Å². The smallest absolute Gasteiger partial charge is 0.253 e. The van der Waals surface area contributed by atoms with Crippen LogP contribution in [0.25, 0.3) is 0 Å². The van der Waals surface area contributed by atoms with Crippen LogP contribution < -0.4 is 4.74 Å². The molecule has 0 saturated heterocycles. The van der Waals surface area contributed by atoms with E-state index in [0.29, 0.717) is 24.3 Å². The summed E-state index contributed by atoms with van der Waals surface area (Å²) in [6, 6.07) is 16.4. The molecule has 0 bridgehead atoms. The highest BCUT2D eigenvalue weighted by molar-refractivity contribution is 5.94. The molecule has 0 aliphatic carbocycles. The van der Waals surface area contributed by atoms with Gasteiger partial charge in [-0.3, -0.25) is 4.79 Å². The van der Waals surface area contributed by atoms with Crippen LogP contribution in [0.5, 0.6) is 5.75 Å². The summed E-state index contributed by atoms with van der Waals surface area (Å²) in [6.45, 7) is 3.02. The fourth-order valence-electron chi connectivity index (χ4n) is 2.11. The SMILES string of the molecule is CCOc1ccc(C(=O)N(C)Cc2ccc(C#N)cc2)cc1. The average Bonchev–Trinajstić information content (AvgIpc) is 2.56. The highest BCUT2D eigenvalue weighted by atomic mass is 16.5. The number of rotatable bonds is 5. The Labute approximate surface area is 130 Å². The van der Waals surface area contributed by atoms with Gasteiger partial charge in [-0.1, -0.05) is 12.1 Å². The molecule has 0 unspecified atom stereocenters. The minimum absolute atomic E-state index is 0.0487. The maximum absolute atomic E-state index is 12.4. The number of ether oxygens (including phenoxy) is 1. The first-order valence-electron chi connectivity index (χ1n) is 7.11. The van der Waals surface area contributed by atoms with E-state index in [1.807, 2.05) is 19.1 Å². The van der Waals surface area contributed by atoms with Crippen molar-refractivity contribution in [2.24, 2.45) is 0 Å². The van der Waals surface area contributed by atoms with Crippen molar-refractivity contribution in [2.75, 3.05) is 13.7 Å². The zero-order chi connectivity index (χ0) is 15.9. The number of benzene rings is 2. The summed E-state index contributed by atoms with van der Waals surface area (Å²) in [5.74, 6) is 0.709. The topological polar surface area (TPSA) is 53.3 Å². The van der Waals surface area contributed by atoms with Gasteiger partial charge < -0.3 is 9.64 Å². The molecule has 2 aromatic carbocycles. The van der Waals surface area contributed by atoms with Crippen molar-refractivity contribution in [1.82, 2.24) is 4.90 Å². The molecule has 0 aliphatic rings. The van der Waals surface area contributed by atoms with Gasteiger partial charge in [0.25, 0.3) is 5.91 Å². The number of carbonyl (C=O) groups excluding carboxylic acids is 1. The first kappa shape index (κ1) is 15.6. The first-order valence-corrected chi connectivity index (χ1v) is 7.11. The predicted octanol–water partition coefficient (Wildman–Crippen LogP) is 3.23. The Morgan fingerprint density at radius 1 is 1.14 bits per heavy atom. The van der Waals surface area contributed by atoms with E-state index in [2.05, 4.69) is 6.07 Å². The average molecular weight is 294 g/mol. The Morgan fingerprint density at radius 2 is 1.77 bits per heavy atom. The summed E-state index contributed by atoms with van der Waals surface area (Å²) in [5.41, 5.74) is 2.23. The lowest BCUT2D eigenvalue weighted by atomic mass is 10.1. The number of nitriles is 1. The van der Waals surface area contributed by atoms with Crippen molar-refractivity contribution in [3.05, 3.63) is 65.2 Å². The zero-order valence-electron chi connectivity index (χ0n) is 12.7. The fourth-order valence-corrected chi connectivity index (χ4v) is 2.11. The van der Waals surface area contributed by atoms with E-state index >= 15 is 0 Å². The number of amides is 1. The van der Waals surface area contributed by atoms with Gasteiger partial charge in [0.2, 0.25) is 0 Å². The molecule has 0 atom stereocenters. The lowest BCUT2D eigenvalue weighted by Crippen LogP contribution is -2.26. The molecule has 0 radical (unpaired) electrons. The van der Waals surface area contributed by atoms with Crippen LogP contribution in [0.2, 0.25) is 0 Å². The van der Waals surface area contributed by atoms with Crippen LogP contribution in [0.3, 0.4) is 0 Å². The monoisotopic (exact) mass is 294 g/mol. The summed E-state index contributed by atoms with van der Waals surface area (Å²) in [4.78, 5) is 14.0. The quantitative estimate of drug-likeness (QED) is 0.850. The molecule has 0 aliphatic heterocycles. The standard InChI is InChI=1S/C18H18N2O2/c1-3-22-17-10-8-16(9-11-17)18(21)20(2)13-15-6-4-14(12-19)5-7-15/h4-11H,3,13H2,1-2H3. The Kier molecular flexibility index (Phi) is 5.16. The molecule has 2 rings (SSSR count). The maximum atomic E-state index is 12.4. The molecule has 4 nitrogen and oxygen atoms in total. The van der Waals surface area contributed by atoms with Crippen molar-refractivity contribution >= 4 is 5.91 Å². The van der Waals surface area contributed by atoms with Gasteiger partial charge in [-0.2, -0.15) is 5.26 Å². The lowest BCUT2D eigenvalue weighted by molar-refractivity contribution is 0.0785. The number of carbonyl (C=O) groups is 1. The van der Waals surface area contributed by atoms with Crippen molar-refractivity contribution in [1.29, 1.82) is 5.26 Å². The molecule has 112 valence electrons. The van der Waals surface area contributed by atoms with E-state index in [9.17, 15) is 4.79 Å². The molecule has 0 N–H and O–H groups in total. The highest BCUT2D eigenvalue weighted by Crippen LogP contribution is 2.14. The summed E-state index contributed by atoms with van der Waals surface area (Å²) in [6.07, 6.45) is 0. The van der Waals surface area contributed by atoms with Gasteiger partial charge in [0.15, 0.2) is 0 Å². The minimum Gasteiger partial charge on any atom is -0.494 e. The third-order valence-corrected chi connectivity index (χ3v) is 3.26. The Bertz CT molecular complexity index is 670. The second-order valence-electron chi connectivity index (χ2n) is 4.93. The van der Waals surface area contributed by atoms with Gasteiger partial charge in [0, 0.05) is 19.2 Å². The summed E-state index contributed by atoms with van der Waals surface area (Å²) in [5, 5.41) is 8.78. The highest BCUT2D eigenvalue weighted by Gasteiger charge is 2.12. The molecule has 0 aromatic heterocycles. The van der Waals surface area contributed by atoms with E-state index < -0.39 is 0 Å². The van der Waals surface area contributed by atoms with Crippen LogP contribution in [-0.4, -0.2) is 24.5 Å². The van der Waals surface area contributed by atoms with Crippen molar-refractivity contribution in [3.63, 3.8) is 0 Å². The molecule has 0 spiro atoms. The Hall–Kier alpha value is -2.80. The number of hydrogen-bond donors (Lipinski definition) is 0. The largest absolute Gasteiger partial charge is 0.494 e. The van der Waals surface area contributed by atoms with Crippen LogP contribution in [0.15, 0.2) is 48.5 Å². The van der Waals surface area contributed by atoms with Gasteiger partial charge in [0.05, 0.1) is 18.2 Å². The second-order valence-corrected chi connectivity index (χ2v) is 4.93. The number of hydrogen-bond acceptors (Lipinski definition) is 3. The predicted molar refractivity (Wildman–Crippen MR) is 84.6 cm³/mol. The van der Waals surface area contributed by atoms with Crippen molar-refractivity contribution in [3.8, 4) is 11.8 Å². The third kappa shape index (κ3) is 3.86. The third-order valence-electron chi connectivity index (χ3n) is 3.26. The van der Waals surface area contributed by atoms with Gasteiger partial charge in [-0.15, -0.1) is 0 Å². The molecule has 0 heterocycles. The molecule has 22 heavy (non-hydrogen) atoms. The summed E-state index contributed by atoms with van der Waals surface area (Å²) >= 11 is 0. The van der Waals surface area contributed by atoms with Gasteiger partial charge in [0.1, 0.15) is 5.75 Å². The van der Waals surface area contributed by atoms with E-state index in [1.165, 1.54) is 0 Å². The number of nitrogens with zero attached hydrogens (tertiary/aromatic N) is 2. The van der Waals surface area contributed by atoms with E-state index in [4.69, 9.17) is 10.00 Å². The molecule has 2 aromatic rings. The van der Waals surface area contributed by atoms with Crippen LogP contribution in [0.1, 0.15) is 28.4 Å². The molecule has 4 heteroatoms. The second kappa shape index (κ2) is 7.28. The Balaban J connectivity index is 2.03. The Morgan fingerprint density at radius 3 is 2.32 bits per heavy atom. The molecule has 1 amide bonds. The molecule has 0 fully saturated rings. The van der Waals surface area contributed by atoms with Crippen LogP contribution in [0.4, 0.5) is 0 Å². The first-order chi connectivity index (χ1) is 10.6.